The van der Waals surface area contributed by atoms with Crippen molar-refractivity contribution in [3.8, 4) is 0 Å². The maximum absolute atomic E-state index is 9.37. The van der Waals surface area contributed by atoms with E-state index in [1.54, 1.807) is 0 Å². The monoisotopic (exact) mass is 354 g/mol. The summed E-state index contributed by atoms with van der Waals surface area (Å²) in [5.41, 5.74) is 2.50. The Balaban J connectivity index is 2.11. The highest BCUT2D eigenvalue weighted by atomic mass is 79.9. The molecular weight excluding hydrogens is 328 g/mol. The fraction of sp³-hybridized carbons (Fsp3) is 0.647. The molecule has 1 aromatic carbocycles. The zero-order valence-corrected chi connectivity index (χ0v) is 14.7. The van der Waals surface area contributed by atoms with Gasteiger partial charge in [-0.3, -0.25) is 0 Å². The van der Waals surface area contributed by atoms with Crippen molar-refractivity contribution in [2.24, 2.45) is 0 Å². The highest BCUT2D eigenvalue weighted by molar-refractivity contribution is 9.10. The van der Waals surface area contributed by atoms with Crippen LogP contribution in [0.25, 0.3) is 0 Å². The predicted octanol–water partition coefficient (Wildman–Crippen LogP) is 3.69. The first-order valence-corrected chi connectivity index (χ1v) is 8.88. The number of anilines is 1. The summed E-state index contributed by atoms with van der Waals surface area (Å²) in [4.78, 5) is 2.32. The SMILES string of the molecule is CCC(CC)N(CCO)c1ccc(CNC2CC2)cc1Br. The topological polar surface area (TPSA) is 35.5 Å². The average molecular weight is 355 g/mol. The van der Waals surface area contributed by atoms with Crippen LogP contribution in [-0.2, 0) is 6.54 Å². The van der Waals surface area contributed by atoms with Gasteiger partial charge < -0.3 is 15.3 Å². The first-order chi connectivity index (χ1) is 10.2. The Kier molecular flexibility index (Phi) is 6.52. The number of halogens is 1. The number of hydrogen-bond donors (Lipinski definition) is 2. The van der Waals surface area contributed by atoms with Gasteiger partial charge in [-0.2, -0.15) is 0 Å². The Morgan fingerprint density at radius 1 is 1.33 bits per heavy atom. The van der Waals surface area contributed by atoms with Gasteiger partial charge in [0.1, 0.15) is 0 Å². The normalized spacial score (nSPS) is 14.7. The van der Waals surface area contributed by atoms with Gasteiger partial charge in [0.05, 0.1) is 12.3 Å². The number of nitrogens with zero attached hydrogens (tertiary/aromatic N) is 1. The molecule has 2 rings (SSSR count). The third-order valence-corrected chi connectivity index (χ3v) is 4.85. The van der Waals surface area contributed by atoms with Gasteiger partial charge in [0.15, 0.2) is 0 Å². The molecule has 0 radical (unpaired) electrons. The van der Waals surface area contributed by atoms with E-state index in [1.165, 1.54) is 24.1 Å². The van der Waals surface area contributed by atoms with Gasteiger partial charge in [0, 0.05) is 29.6 Å². The van der Waals surface area contributed by atoms with Crippen LogP contribution < -0.4 is 10.2 Å². The van der Waals surface area contributed by atoms with Crippen LogP contribution in [0.4, 0.5) is 5.69 Å². The number of rotatable bonds is 9. The standard InChI is InChI=1S/C17H27BrN2O/c1-3-15(4-2)20(9-10-21)17-8-5-13(11-16(17)18)12-19-14-6-7-14/h5,8,11,14-15,19,21H,3-4,6-7,9-10,12H2,1-2H3. The Hall–Kier alpha value is -0.580. The molecule has 0 aromatic heterocycles. The summed E-state index contributed by atoms with van der Waals surface area (Å²) in [6.45, 7) is 6.23. The molecule has 2 N–H and O–H groups in total. The molecule has 0 aliphatic heterocycles. The fourth-order valence-corrected chi connectivity index (χ4v) is 3.43. The maximum Gasteiger partial charge on any atom is 0.0606 e. The zero-order valence-electron chi connectivity index (χ0n) is 13.1. The first kappa shape index (κ1) is 16.8. The largest absolute Gasteiger partial charge is 0.395 e. The van der Waals surface area contributed by atoms with E-state index in [0.717, 1.165) is 29.9 Å². The highest BCUT2D eigenvalue weighted by Gasteiger charge is 2.21. The van der Waals surface area contributed by atoms with Crippen LogP contribution in [0.15, 0.2) is 22.7 Å². The van der Waals surface area contributed by atoms with Crippen molar-refractivity contribution in [3.05, 3.63) is 28.2 Å². The van der Waals surface area contributed by atoms with E-state index >= 15 is 0 Å². The Morgan fingerprint density at radius 2 is 2.05 bits per heavy atom. The minimum Gasteiger partial charge on any atom is -0.395 e. The summed E-state index contributed by atoms with van der Waals surface area (Å²) in [6.07, 6.45) is 4.82. The molecule has 1 aliphatic rings. The van der Waals surface area contributed by atoms with Gasteiger partial charge in [-0.05, 0) is 59.3 Å². The lowest BCUT2D eigenvalue weighted by atomic mass is 10.1. The Morgan fingerprint density at radius 3 is 2.57 bits per heavy atom. The van der Waals surface area contributed by atoms with Crippen LogP contribution in [0, 0.1) is 0 Å². The molecule has 3 nitrogen and oxygen atoms in total. The molecule has 118 valence electrons. The predicted molar refractivity (Wildman–Crippen MR) is 92.8 cm³/mol. The Labute approximate surface area is 136 Å². The number of benzene rings is 1. The summed E-state index contributed by atoms with van der Waals surface area (Å²) in [5, 5.41) is 12.9. The van der Waals surface area contributed by atoms with E-state index in [4.69, 9.17) is 0 Å². The summed E-state index contributed by atoms with van der Waals surface area (Å²) in [7, 11) is 0. The molecule has 0 unspecified atom stereocenters. The van der Waals surface area contributed by atoms with Crippen LogP contribution >= 0.6 is 15.9 Å². The summed E-state index contributed by atoms with van der Waals surface area (Å²) >= 11 is 3.72. The van der Waals surface area contributed by atoms with Gasteiger partial charge in [-0.1, -0.05) is 19.9 Å². The molecule has 4 heteroatoms. The lowest BCUT2D eigenvalue weighted by Crippen LogP contribution is -2.37. The minimum absolute atomic E-state index is 0.188. The molecule has 0 spiro atoms. The van der Waals surface area contributed by atoms with Crippen molar-refractivity contribution in [2.45, 2.75) is 58.2 Å². The number of hydrogen-bond acceptors (Lipinski definition) is 3. The minimum atomic E-state index is 0.188. The number of nitrogens with one attached hydrogen (secondary N) is 1. The molecule has 1 fully saturated rings. The lowest BCUT2D eigenvalue weighted by Gasteiger charge is -2.33. The molecule has 0 bridgehead atoms. The van der Waals surface area contributed by atoms with E-state index in [2.05, 4.69) is 58.2 Å². The van der Waals surface area contributed by atoms with Crippen LogP contribution in [-0.4, -0.2) is 30.3 Å². The molecule has 0 saturated heterocycles. The summed E-state index contributed by atoms with van der Waals surface area (Å²) in [5.74, 6) is 0. The van der Waals surface area contributed by atoms with Crippen molar-refractivity contribution in [3.63, 3.8) is 0 Å². The summed E-state index contributed by atoms with van der Waals surface area (Å²) in [6, 6.07) is 7.80. The van der Waals surface area contributed by atoms with E-state index in [0.29, 0.717) is 12.6 Å². The third-order valence-electron chi connectivity index (χ3n) is 4.22. The molecule has 1 aliphatic carbocycles. The second-order valence-corrected chi connectivity index (χ2v) is 6.68. The quantitative estimate of drug-likeness (QED) is 0.709. The maximum atomic E-state index is 9.37. The van der Waals surface area contributed by atoms with E-state index in [1.807, 2.05) is 0 Å². The van der Waals surface area contributed by atoms with Gasteiger partial charge in [-0.15, -0.1) is 0 Å². The van der Waals surface area contributed by atoms with Crippen molar-refractivity contribution in [1.82, 2.24) is 5.32 Å². The highest BCUT2D eigenvalue weighted by Crippen LogP contribution is 2.30. The number of aliphatic hydroxyl groups excluding tert-OH is 1. The lowest BCUT2D eigenvalue weighted by molar-refractivity contribution is 0.296. The van der Waals surface area contributed by atoms with E-state index in [-0.39, 0.29) is 6.61 Å². The van der Waals surface area contributed by atoms with E-state index in [9.17, 15) is 5.11 Å². The zero-order chi connectivity index (χ0) is 15.2. The second kappa shape index (κ2) is 8.16. The molecule has 0 heterocycles. The van der Waals surface area contributed by atoms with Gasteiger partial charge in [0.25, 0.3) is 0 Å². The van der Waals surface area contributed by atoms with E-state index < -0.39 is 0 Å². The van der Waals surface area contributed by atoms with Gasteiger partial charge in [-0.25, -0.2) is 0 Å². The molecule has 0 atom stereocenters. The third kappa shape index (κ3) is 4.70. The number of aliphatic hydroxyl groups is 1. The Bertz CT molecular complexity index is 444. The van der Waals surface area contributed by atoms with Crippen LogP contribution in [0.5, 0.6) is 0 Å². The average Bonchev–Trinajstić information content (AvgIpc) is 3.30. The molecule has 0 amide bonds. The smallest absolute Gasteiger partial charge is 0.0606 e. The van der Waals surface area contributed by atoms with Gasteiger partial charge >= 0.3 is 0 Å². The molecular formula is C17H27BrN2O. The van der Waals surface area contributed by atoms with Crippen molar-refractivity contribution < 1.29 is 5.11 Å². The van der Waals surface area contributed by atoms with Crippen molar-refractivity contribution in [1.29, 1.82) is 0 Å². The fourth-order valence-electron chi connectivity index (χ4n) is 2.78. The van der Waals surface area contributed by atoms with Gasteiger partial charge in [0.2, 0.25) is 0 Å². The summed E-state index contributed by atoms with van der Waals surface area (Å²) < 4.78 is 1.12. The molecule has 1 aromatic rings. The second-order valence-electron chi connectivity index (χ2n) is 5.83. The van der Waals surface area contributed by atoms with Crippen molar-refractivity contribution >= 4 is 21.6 Å². The first-order valence-electron chi connectivity index (χ1n) is 8.08. The molecule has 1 saturated carbocycles. The van der Waals surface area contributed by atoms with Crippen LogP contribution in [0.2, 0.25) is 0 Å². The van der Waals surface area contributed by atoms with Crippen LogP contribution in [0.3, 0.4) is 0 Å². The van der Waals surface area contributed by atoms with Crippen molar-refractivity contribution in [2.75, 3.05) is 18.1 Å². The van der Waals surface area contributed by atoms with Crippen LogP contribution in [0.1, 0.15) is 45.1 Å². The molecule has 21 heavy (non-hydrogen) atoms.